The minimum absolute atomic E-state index is 0.0774. The van der Waals surface area contributed by atoms with E-state index in [1.807, 2.05) is 48.5 Å². The standard InChI is InChI=1S/C37H29FN2O7/c1-23-27(39-36(46-23)32-15-8-18-43-32)21-44-30-17-16-24(19-33(30)45-22-38)20-40-28-12-6-5-11-26(28)34-29(40)13-7-14-31(34)47-35(37(41)42)25-9-3-2-4-10-25/h2-19,35H,20-22H2,1H3,(H,41,42). The third-order valence-electron chi connectivity index (χ3n) is 7.88. The number of aryl methyl sites for hydroxylation is 1. The van der Waals surface area contributed by atoms with Crippen LogP contribution in [0.5, 0.6) is 17.2 Å². The smallest absolute Gasteiger partial charge is 0.349 e. The van der Waals surface area contributed by atoms with Crippen LogP contribution in [0.25, 0.3) is 33.5 Å². The molecule has 0 bridgehead atoms. The van der Waals surface area contributed by atoms with Gasteiger partial charge in [-0.2, -0.15) is 0 Å². The lowest BCUT2D eigenvalue weighted by molar-refractivity contribution is -0.145. The largest absolute Gasteiger partial charge is 0.483 e. The summed E-state index contributed by atoms with van der Waals surface area (Å²) in [4.78, 5) is 16.7. The molecule has 3 aromatic heterocycles. The van der Waals surface area contributed by atoms with E-state index < -0.39 is 18.9 Å². The van der Waals surface area contributed by atoms with Gasteiger partial charge >= 0.3 is 5.97 Å². The van der Waals surface area contributed by atoms with Gasteiger partial charge in [0, 0.05) is 28.4 Å². The van der Waals surface area contributed by atoms with Crippen molar-refractivity contribution in [2.24, 2.45) is 0 Å². The number of hydrogen-bond donors (Lipinski definition) is 1. The molecular weight excluding hydrogens is 603 g/mol. The van der Waals surface area contributed by atoms with Crippen LogP contribution in [0.1, 0.15) is 28.7 Å². The van der Waals surface area contributed by atoms with Crippen LogP contribution in [0.4, 0.5) is 4.39 Å². The number of aromatic nitrogens is 2. The number of carboxylic acids is 1. The summed E-state index contributed by atoms with van der Waals surface area (Å²) in [6.45, 7) is 1.24. The minimum Gasteiger partial charge on any atom is -0.483 e. The number of halogens is 1. The number of carboxylic acid groups (broad SMARTS) is 1. The topological polar surface area (TPSA) is 109 Å². The number of benzene rings is 4. The number of rotatable bonds is 12. The zero-order valence-corrected chi connectivity index (χ0v) is 25.3. The maximum atomic E-state index is 13.5. The van der Waals surface area contributed by atoms with Crippen LogP contribution < -0.4 is 14.2 Å². The zero-order valence-electron chi connectivity index (χ0n) is 25.3. The molecule has 0 saturated carbocycles. The van der Waals surface area contributed by atoms with Crippen LogP contribution in [0.3, 0.4) is 0 Å². The first kappa shape index (κ1) is 29.7. The highest BCUT2D eigenvalue weighted by molar-refractivity contribution is 6.11. The Labute approximate surface area is 268 Å². The molecule has 0 fully saturated rings. The van der Waals surface area contributed by atoms with E-state index in [9.17, 15) is 14.3 Å². The van der Waals surface area contributed by atoms with Crippen LogP contribution in [-0.4, -0.2) is 27.5 Å². The van der Waals surface area contributed by atoms with Gasteiger partial charge in [0.05, 0.1) is 11.8 Å². The predicted octanol–water partition coefficient (Wildman–Crippen LogP) is 8.49. The normalized spacial score (nSPS) is 12.0. The van der Waals surface area contributed by atoms with Crippen molar-refractivity contribution < 1.29 is 37.3 Å². The number of para-hydroxylation sites is 1. The predicted molar refractivity (Wildman–Crippen MR) is 172 cm³/mol. The summed E-state index contributed by atoms with van der Waals surface area (Å²) < 4.78 is 44.3. The van der Waals surface area contributed by atoms with Gasteiger partial charge in [-0.25, -0.2) is 14.2 Å². The van der Waals surface area contributed by atoms with Gasteiger partial charge < -0.3 is 32.7 Å². The Balaban J connectivity index is 1.20. The SMILES string of the molecule is Cc1oc(-c2ccco2)nc1COc1ccc(Cn2c3ccccc3c3c(OC(C(=O)O)c4ccccc4)cccc32)cc1OCF. The summed E-state index contributed by atoms with van der Waals surface area (Å²) in [6, 6.07) is 31.2. The van der Waals surface area contributed by atoms with Crippen LogP contribution in [-0.2, 0) is 17.9 Å². The highest BCUT2D eigenvalue weighted by Crippen LogP contribution is 2.39. The van der Waals surface area contributed by atoms with Crippen LogP contribution in [0.15, 0.2) is 118 Å². The Kier molecular flexibility index (Phi) is 8.06. The van der Waals surface area contributed by atoms with Crippen LogP contribution in [0.2, 0.25) is 0 Å². The molecule has 0 aliphatic heterocycles. The number of nitrogens with zero attached hydrogens (tertiary/aromatic N) is 2. The second-order valence-corrected chi connectivity index (χ2v) is 10.8. The molecule has 0 aliphatic carbocycles. The molecule has 1 atom stereocenters. The van der Waals surface area contributed by atoms with E-state index in [1.54, 1.807) is 67.8 Å². The number of ether oxygens (including phenoxy) is 3. The highest BCUT2D eigenvalue weighted by atomic mass is 19.1. The first-order chi connectivity index (χ1) is 23.0. The average molecular weight is 633 g/mol. The molecule has 1 N–H and O–H groups in total. The maximum absolute atomic E-state index is 13.5. The van der Waals surface area contributed by atoms with Crippen molar-refractivity contribution in [3.63, 3.8) is 0 Å². The fourth-order valence-electron chi connectivity index (χ4n) is 5.69. The molecule has 10 heteroatoms. The van der Waals surface area contributed by atoms with Crippen molar-refractivity contribution in [1.82, 2.24) is 9.55 Å². The van der Waals surface area contributed by atoms with E-state index >= 15 is 0 Å². The van der Waals surface area contributed by atoms with Crippen molar-refractivity contribution in [2.75, 3.05) is 6.86 Å². The van der Waals surface area contributed by atoms with Gasteiger partial charge in [0.1, 0.15) is 23.8 Å². The third-order valence-corrected chi connectivity index (χ3v) is 7.88. The van der Waals surface area contributed by atoms with Crippen LogP contribution in [0, 0.1) is 6.92 Å². The van der Waals surface area contributed by atoms with E-state index in [2.05, 4.69) is 9.55 Å². The molecular formula is C37H29FN2O7. The van der Waals surface area contributed by atoms with Crippen molar-refractivity contribution in [2.45, 2.75) is 26.2 Å². The van der Waals surface area contributed by atoms with E-state index in [0.717, 1.165) is 27.4 Å². The molecule has 7 aromatic rings. The van der Waals surface area contributed by atoms with Crippen molar-refractivity contribution >= 4 is 27.8 Å². The second-order valence-electron chi connectivity index (χ2n) is 10.8. The molecule has 0 spiro atoms. The molecule has 9 nitrogen and oxygen atoms in total. The summed E-state index contributed by atoms with van der Waals surface area (Å²) in [5.41, 5.74) is 3.73. The van der Waals surface area contributed by atoms with E-state index in [1.165, 1.54) is 0 Å². The van der Waals surface area contributed by atoms with Gasteiger partial charge in [0.15, 0.2) is 17.3 Å². The fraction of sp³-hybridized carbons (Fsp3) is 0.135. The van der Waals surface area contributed by atoms with Crippen molar-refractivity contribution in [3.05, 3.63) is 132 Å². The lowest BCUT2D eigenvalue weighted by atomic mass is 10.1. The number of alkyl halides is 1. The molecule has 0 amide bonds. The highest BCUT2D eigenvalue weighted by Gasteiger charge is 2.24. The van der Waals surface area contributed by atoms with Gasteiger partial charge in [0.2, 0.25) is 13.0 Å². The molecule has 3 heterocycles. The van der Waals surface area contributed by atoms with Crippen molar-refractivity contribution in [3.8, 4) is 28.9 Å². The maximum Gasteiger partial charge on any atom is 0.349 e. The zero-order chi connectivity index (χ0) is 32.3. The number of hydrogen-bond acceptors (Lipinski definition) is 7. The number of fused-ring (bicyclic) bond motifs is 3. The number of carbonyl (C=O) groups is 1. The molecule has 7 rings (SSSR count). The van der Waals surface area contributed by atoms with E-state index in [0.29, 0.717) is 46.7 Å². The average Bonchev–Trinajstić information content (AvgIpc) is 3.83. The molecule has 0 aliphatic rings. The molecule has 4 aromatic carbocycles. The molecule has 1 unspecified atom stereocenters. The quantitative estimate of drug-likeness (QED) is 0.143. The Bertz CT molecular complexity index is 2170. The second kappa shape index (κ2) is 12.8. The summed E-state index contributed by atoms with van der Waals surface area (Å²) >= 11 is 0. The number of aliphatic carboxylic acids is 1. The lowest BCUT2D eigenvalue weighted by Crippen LogP contribution is -2.18. The monoisotopic (exact) mass is 632 g/mol. The fourth-order valence-corrected chi connectivity index (χ4v) is 5.69. The number of oxazole rings is 1. The Morgan fingerprint density at radius 2 is 1.70 bits per heavy atom. The molecule has 236 valence electrons. The lowest BCUT2D eigenvalue weighted by Gasteiger charge is -2.17. The van der Waals surface area contributed by atoms with Gasteiger partial charge in [-0.3, -0.25) is 0 Å². The van der Waals surface area contributed by atoms with Gasteiger partial charge in [-0.1, -0.05) is 60.7 Å². The van der Waals surface area contributed by atoms with Gasteiger partial charge in [-0.15, -0.1) is 0 Å². The Morgan fingerprint density at radius 3 is 2.49 bits per heavy atom. The summed E-state index contributed by atoms with van der Waals surface area (Å²) in [6.07, 6.45) is 0.356. The summed E-state index contributed by atoms with van der Waals surface area (Å²) in [5.74, 6) is 1.40. The first-order valence-corrected chi connectivity index (χ1v) is 14.9. The Morgan fingerprint density at radius 1 is 0.894 bits per heavy atom. The van der Waals surface area contributed by atoms with Crippen LogP contribution >= 0.6 is 0 Å². The van der Waals surface area contributed by atoms with Gasteiger partial charge in [-0.05, 0) is 55.0 Å². The Hall–Kier alpha value is -6.03. The summed E-state index contributed by atoms with van der Waals surface area (Å²) in [5, 5.41) is 11.7. The molecule has 47 heavy (non-hydrogen) atoms. The van der Waals surface area contributed by atoms with Gasteiger partial charge in [0.25, 0.3) is 5.89 Å². The molecule has 0 saturated heterocycles. The van der Waals surface area contributed by atoms with Crippen molar-refractivity contribution in [1.29, 1.82) is 0 Å². The molecule has 0 radical (unpaired) electrons. The number of furan rings is 1. The minimum atomic E-state index is -1.19. The first-order valence-electron chi connectivity index (χ1n) is 14.9. The van der Waals surface area contributed by atoms with E-state index in [-0.39, 0.29) is 12.4 Å². The third kappa shape index (κ3) is 5.88. The van der Waals surface area contributed by atoms with E-state index in [4.69, 9.17) is 23.0 Å². The summed E-state index contributed by atoms with van der Waals surface area (Å²) in [7, 11) is 0.